The molecule has 2 aromatic carbocycles. The van der Waals surface area contributed by atoms with E-state index in [1.54, 1.807) is 0 Å². The van der Waals surface area contributed by atoms with Gasteiger partial charge in [0, 0.05) is 17.4 Å². The summed E-state index contributed by atoms with van der Waals surface area (Å²) in [6, 6.07) is 10.2. The Bertz CT molecular complexity index is 730. The van der Waals surface area contributed by atoms with E-state index in [1.165, 1.54) is 6.07 Å². The van der Waals surface area contributed by atoms with Crippen LogP contribution >= 0.6 is 0 Å². The van der Waals surface area contributed by atoms with Gasteiger partial charge in [0.25, 0.3) is 0 Å². The Balaban J connectivity index is 2.17. The normalized spacial score (nSPS) is 16.9. The van der Waals surface area contributed by atoms with Gasteiger partial charge >= 0.3 is 5.97 Å². The van der Waals surface area contributed by atoms with Crippen molar-refractivity contribution >= 4 is 23.0 Å². The van der Waals surface area contributed by atoms with Crippen LogP contribution in [0.1, 0.15) is 22.8 Å². The summed E-state index contributed by atoms with van der Waals surface area (Å²) in [6.07, 6.45) is 0.794. The van der Waals surface area contributed by atoms with Crippen LogP contribution in [-0.2, 0) is 6.42 Å². The molecule has 0 aromatic heterocycles. The van der Waals surface area contributed by atoms with Crippen LogP contribution in [0.15, 0.2) is 36.4 Å². The monoisotopic (exact) mass is 286 g/mol. The van der Waals surface area contributed by atoms with Crippen molar-refractivity contribution in [1.29, 1.82) is 0 Å². The molecule has 0 radical (unpaired) electrons. The Labute approximate surface area is 121 Å². The van der Waals surface area contributed by atoms with Gasteiger partial charge in [0.05, 0.1) is 11.3 Å². The first-order chi connectivity index (χ1) is 9.99. The maximum absolute atomic E-state index is 14.3. The highest BCUT2D eigenvalue weighted by Crippen LogP contribution is 2.40. The first-order valence-electron chi connectivity index (χ1n) is 6.68. The number of anilines is 3. The second-order valence-electron chi connectivity index (χ2n) is 5.25. The molecule has 1 atom stereocenters. The Morgan fingerprint density at radius 3 is 2.76 bits per heavy atom. The summed E-state index contributed by atoms with van der Waals surface area (Å²) in [7, 11) is 0. The van der Waals surface area contributed by atoms with Gasteiger partial charge in [-0.2, -0.15) is 0 Å². The van der Waals surface area contributed by atoms with Gasteiger partial charge in [-0.05, 0) is 37.1 Å². The molecule has 4 nitrogen and oxygen atoms in total. The molecule has 0 spiro atoms. The summed E-state index contributed by atoms with van der Waals surface area (Å²) in [5, 5.41) is 9.16. The molecule has 3 N–H and O–H groups in total. The summed E-state index contributed by atoms with van der Waals surface area (Å²) < 4.78 is 14.3. The lowest BCUT2D eigenvalue weighted by molar-refractivity contribution is 0.0698. The first kappa shape index (κ1) is 13.4. The second kappa shape index (κ2) is 4.77. The predicted octanol–water partition coefficient (Wildman–Crippen LogP) is 3.19. The number of hydrogen-bond donors (Lipinski definition) is 2. The van der Waals surface area contributed by atoms with Crippen molar-refractivity contribution in [3.63, 3.8) is 0 Å². The molecule has 0 bridgehead atoms. The van der Waals surface area contributed by atoms with Gasteiger partial charge in [0.15, 0.2) is 0 Å². The fourth-order valence-electron chi connectivity index (χ4n) is 2.88. The smallest absolute Gasteiger partial charge is 0.337 e. The van der Waals surface area contributed by atoms with Crippen molar-refractivity contribution in [3.05, 3.63) is 53.3 Å². The lowest BCUT2D eigenvalue weighted by Gasteiger charge is -2.26. The molecular formula is C16H15FN2O2. The highest BCUT2D eigenvalue weighted by molar-refractivity contribution is 5.95. The van der Waals surface area contributed by atoms with Gasteiger partial charge in [0.1, 0.15) is 5.82 Å². The van der Waals surface area contributed by atoms with E-state index in [0.717, 1.165) is 23.7 Å². The van der Waals surface area contributed by atoms with Gasteiger partial charge in [0.2, 0.25) is 0 Å². The van der Waals surface area contributed by atoms with E-state index in [9.17, 15) is 9.18 Å². The third-order valence-electron chi connectivity index (χ3n) is 3.82. The lowest BCUT2D eigenvalue weighted by Crippen LogP contribution is -2.25. The van der Waals surface area contributed by atoms with Crippen LogP contribution in [0, 0.1) is 5.82 Å². The minimum atomic E-state index is -1.16. The third-order valence-corrected chi connectivity index (χ3v) is 3.82. The number of nitrogen functional groups attached to an aromatic ring is 1. The zero-order chi connectivity index (χ0) is 15.1. The van der Waals surface area contributed by atoms with Crippen LogP contribution in [0.4, 0.5) is 21.5 Å². The van der Waals surface area contributed by atoms with Gasteiger partial charge in [-0.25, -0.2) is 9.18 Å². The minimum absolute atomic E-state index is 0.0576. The third kappa shape index (κ3) is 2.11. The second-order valence-corrected chi connectivity index (χ2v) is 5.25. The molecule has 1 heterocycles. The van der Waals surface area contributed by atoms with Gasteiger partial charge in [-0.15, -0.1) is 0 Å². The highest BCUT2D eigenvalue weighted by atomic mass is 19.1. The van der Waals surface area contributed by atoms with Crippen molar-refractivity contribution in [3.8, 4) is 0 Å². The summed E-state index contributed by atoms with van der Waals surface area (Å²) >= 11 is 0. The number of carbonyl (C=O) groups is 1. The van der Waals surface area contributed by atoms with Crippen LogP contribution in [-0.4, -0.2) is 17.1 Å². The molecule has 1 unspecified atom stereocenters. The largest absolute Gasteiger partial charge is 0.478 e. The van der Waals surface area contributed by atoms with E-state index in [1.807, 2.05) is 36.1 Å². The fourth-order valence-corrected chi connectivity index (χ4v) is 2.88. The maximum atomic E-state index is 14.3. The molecule has 1 aliphatic rings. The molecule has 21 heavy (non-hydrogen) atoms. The topological polar surface area (TPSA) is 66.6 Å². The standard InChI is InChI=1S/C16H15FN2O2/c1-9-6-10-4-2-3-5-14(10)19(9)15-7-11(16(20)21)13(18)8-12(15)17/h2-5,7-9H,6,18H2,1H3,(H,20,21). The molecule has 5 heteroatoms. The fraction of sp³-hybridized carbons (Fsp3) is 0.188. The van der Waals surface area contributed by atoms with Crippen LogP contribution < -0.4 is 10.6 Å². The van der Waals surface area contributed by atoms with Crippen molar-refractivity contribution < 1.29 is 14.3 Å². The maximum Gasteiger partial charge on any atom is 0.337 e. The van der Waals surface area contributed by atoms with Crippen molar-refractivity contribution in [2.75, 3.05) is 10.6 Å². The summed E-state index contributed by atoms with van der Waals surface area (Å²) in [4.78, 5) is 13.0. The highest BCUT2D eigenvalue weighted by Gasteiger charge is 2.29. The van der Waals surface area contributed by atoms with E-state index in [0.29, 0.717) is 0 Å². The molecular weight excluding hydrogens is 271 g/mol. The van der Waals surface area contributed by atoms with Crippen molar-refractivity contribution in [2.45, 2.75) is 19.4 Å². The Hall–Kier alpha value is -2.56. The zero-order valence-corrected chi connectivity index (χ0v) is 11.5. The quantitative estimate of drug-likeness (QED) is 0.832. The van der Waals surface area contributed by atoms with Crippen LogP contribution in [0.3, 0.4) is 0 Å². The summed E-state index contributed by atoms with van der Waals surface area (Å²) in [5.41, 5.74) is 7.71. The Morgan fingerprint density at radius 2 is 2.05 bits per heavy atom. The molecule has 0 amide bonds. The van der Waals surface area contributed by atoms with Gasteiger partial charge in [-0.3, -0.25) is 0 Å². The molecule has 0 fully saturated rings. The number of benzene rings is 2. The molecule has 0 saturated carbocycles. The van der Waals surface area contributed by atoms with Crippen LogP contribution in [0.2, 0.25) is 0 Å². The Morgan fingerprint density at radius 1 is 1.33 bits per heavy atom. The molecule has 0 saturated heterocycles. The predicted molar refractivity (Wildman–Crippen MR) is 79.5 cm³/mol. The van der Waals surface area contributed by atoms with Gasteiger partial charge < -0.3 is 15.7 Å². The van der Waals surface area contributed by atoms with E-state index in [-0.39, 0.29) is 23.0 Å². The number of para-hydroxylation sites is 1. The molecule has 3 rings (SSSR count). The molecule has 0 aliphatic carbocycles. The first-order valence-corrected chi connectivity index (χ1v) is 6.68. The molecule has 108 valence electrons. The lowest BCUT2D eigenvalue weighted by atomic mass is 10.1. The van der Waals surface area contributed by atoms with E-state index in [2.05, 4.69) is 0 Å². The average Bonchev–Trinajstić information content (AvgIpc) is 2.75. The summed E-state index contributed by atoms with van der Waals surface area (Å²) in [6.45, 7) is 1.98. The van der Waals surface area contributed by atoms with Crippen molar-refractivity contribution in [2.24, 2.45) is 0 Å². The SMILES string of the molecule is CC1Cc2ccccc2N1c1cc(C(=O)O)c(N)cc1F. The number of carboxylic acid groups (broad SMARTS) is 1. The molecule has 2 aromatic rings. The van der Waals surface area contributed by atoms with E-state index in [4.69, 9.17) is 10.8 Å². The zero-order valence-electron chi connectivity index (χ0n) is 11.5. The number of nitrogens with two attached hydrogens (primary N) is 1. The van der Waals surface area contributed by atoms with Crippen LogP contribution in [0.5, 0.6) is 0 Å². The number of fused-ring (bicyclic) bond motifs is 1. The number of aromatic carboxylic acids is 1. The minimum Gasteiger partial charge on any atom is -0.478 e. The van der Waals surface area contributed by atoms with Crippen molar-refractivity contribution in [1.82, 2.24) is 0 Å². The van der Waals surface area contributed by atoms with E-state index >= 15 is 0 Å². The van der Waals surface area contributed by atoms with Crippen LogP contribution in [0.25, 0.3) is 0 Å². The number of carboxylic acids is 1. The number of rotatable bonds is 2. The number of nitrogens with zero attached hydrogens (tertiary/aromatic N) is 1. The average molecular weight is 286 g/mol. The molecule has 1 aliphatic heterocycles. The summed E-state index contributed by atoms with van der Waals surface area (Å²) in [5.74, 6) is -1.67. The number of hydrogen-bond acceptors (Lipinski definition) is 3. The Kier molecular flexibility index (Phi) is 3.05. The van der Waals surface area contributed by atoms with E-state index < -0.39 is 11.8 Å². The number of halogens is 1. The van der Waals surface area contributed by atoms with Gasteiger partial charge in [-0.1, -0.05) is 18.2 Å².